The zero-order valence-electron chi connectivity index (χ0n) is 27.2. The van der Waals surface area contributed by atoms with Gasteiger partial charge in [0.05, 0.1) is 5.39 Å². The molecule has 1 amide bonds. The van der Waals surface area contributed by atoms with Crippen molar-refractivity contribution < 1.29 is 4.79 Å². The van der Waals surface area contributed by atoms with Gasteiger partial charge in [-0.25, -0.2) is 4.98 Å². The first-order valence-electron chi connectivity index (χ1n) is 16.9. The van der Waals surface area contributed by atoms with Crippen molar-refractivity contribution in [1.29, 1.82) is 0 Å². The summed E-state index contributed by atoms with van der Waals surface area (Å²) in [5.74, 6) is 3.27. The average Bonchev–Trinajstić information content (AvgIpc) is 3.69. The van der Waals surface area contributed by atoms with E-state index in [2.05, 4.69) is 83.3 Å². The van der Waals surface area contributed by atoms with Crippen molar-refractivity contribution in [3.05, 3.63) is 35.7 Å². The number of likely N-dealkylation sites (N-methyl/N-ethyl adjacent to an activating group) is 2. The number of anilines is 2. The van der Waals surface area contributed by atoms with Gasteiger partial charge in [-0.3, -0.25) is 4.79 Å². The number of nitrogens with zero attached hydrogens (tertiary/aromatic N) is 7. The number of likely N-dealkylation sites (tertiary alicyclic amines) is 1. The van der Waals surface area contributed by atoms with Gasteiger partial charge in [-0.1, -0.05) is 30.3 Å². The van der Waals surface area contributed by atoms with Gasteiger partial charge in [0.15, 0.2) is 0 Å². The third-order valence-electron chi connectivity index (χ3n) is 10.3. The number of thiophene rings is 1. The maximum absolute atomic E-state index is 12.9. The van der Waals surface area contributed by atoms with E-state index in [-0.39, 0.29) is 5.91 Å². The largest absolute Gasteiger partial charge is 0.356 e. The normalized spacial score (nSPS) is 21.9. The molecule has 6 rings (SSSR count). The molecule has 1 aromatic carbocycles. The maximum atomic E-state index is 12.9. The third kappa shape index (κ3) is 6.90. The molecule has 0 radical (unpaired) electrons. The Morgan fingerprint density at radius 2 is 1.70 bits per heavy atom. The molecule has 3 fully saturated rings. The molecule has 0 aliphatic carbocycles. The van der Waals surface area contributed by atoms with E-state index in [1.165, 1.54) is 55.4 Å². The molecule has 238 valence electrons. The van der Waals surface area contributed by atoms with Crippen molar-refractivity contribution >= 4 is 39.2 Å². The van der Waals surface area contributed by atoms with E-state index in [4.69, 9.17) is 9.97 Å². The first-order valence-corrected chi connectivity index (χ1v) is 17.8. The molecule has 3 saturated heterocycles. The number of rotatable bonds is 10. The number of piperidine rings is 2. The Labute approximate surface area is 268 Å². The minimum Gasteiger partial charge on any atom is -0.356 e. The number of carbonyl (C=O) groups excluding carboxylic acids is 1. The SMILES string of the molecule is CCN(CC)C(=O)CC1CCCN(c2nc(N3CCC(CN(C)C4CCN(C)C4)CC3)c3c(-c4ccccc4)csc3n2)C1. The van der Waals surface area contributed by atoms with Gasteiger partial charge in [0.25, 0.3) is 0 Å². The number of hydrogen-bond acceptors (Lipinski definition) is 8. The van der Waals surface area contributed by atoms with Crippen molar-refractivity contribution in [3.63, 3.8) is 0 Å². The maximum Gasteiger partial charge on any atom is 0.228 e. The summed E-state index contributed by atoms with van der Waals surface area (Å²) in [6, 6.07) is 11.4. The minimum atomic E-state index is 0.276. The Hall–Kier alpha value is -2.75. The van der Waals surface area contributed by atoms with Crippen LogP contribution < -0.4 is 9.80 Å². The molecule has 0 bridgehead atoms. The van der Waals surface area contributed by atoms with Gasteiger partial charge in [-0.2, -0.15) is 4.98 Å². The lowest BCUT2D eigenvalue weighted by Gasteiger charge is -2.37. The molecule has 2 unspecified atom stereocenters. The molecule has 2 aromatic heterocycles. The van der Waals surface area contributed by atoms with Crippen LogP contribution in [0.5, 0.6) is 0 Å². The Balaban J connectivity index is 1.23. The molecule has 44 heavy (non-hydrogen) atoms. The molecular weight excluding hydrogens is 567 g/mol. The molecule has 0 saturated carbocycles. The summed E-state index contributed by atoms with van der Waals surface area (Å²) >= 11 is 1.73. The van der Waals surface area contributed by atoms with Gasteiger partial charge in [0, 0.05) is 75.8 Å². The van der Waals surface area contributed by atoms with E-state index in [9.17, 15) is 4.79 Å². The Morgan fingerprint density at radius 3 is 2.41 bits per heavy atom. The van der Waals surface area contributed by atoms with E-state index >= 15 is 0 Å². The highest BCUT2D eigenvalue weighted by molar-refractivity contribution is 7.17. The monoisotopic (exact) mass is 617 g/mol. The van der Waals surface area contributed by atoms with E-state index in [1.807, 2.05) is 4.90 Å². The van der Waals surface area contributed by atoms with Crippen molar-refractivity contribution in [1.82, 2.24) is 24.7 Å². The predicted molar refractivity (Wildman–Crippen MR) is 184 cm³/mol. The van der Waals surface area contributed by atoms with Crippen molar-refractivity contribution in [3.8, 4) is 11.1 Å². The van der Waals surface area contributed by atoms with E-state index in [0.29, 0.717) is 18.4 Å². The summed E-state index contributed by atoms with van der Waals surface area (Å²) in [6.45, 7) is 13.1. The highest BCUT2D eigenvalue weighted by Gasteiger charge is 2.31. The Kier molecular flexibility index (Phi) is 10.0. The van der Waals surface area contributed by atoms with Crippen LogP contribution in [-0.4, -0.2) is 110 Å². The fourth-order valence-corrected chi connectivity index (χ4v) is 8.57. The number of fused-ring (bicyclic) bond motifs is 1. The lowest BCUT2D eigenvalue weighted by molar-refractivity contribution is -0.131. The second kappa shape index (κ2) is 14.1. The van der Waals surface area contributed by atoms with Crippen LogP contribution in [0.2, 0.25) is 0 Å². The zero-order valence-corrected chi connectivity index (χ0v) is 28.1. The van der Waals surface area contributed by atoms with Crippen molar-refractivity contribution in [2.75, 3.05) is 82.8 Å². The van der Waals surface area contributed by atoms with Gasteiger partial charge < -0.3 is 24.5 Å². The summed E-state index contributed by atoms with van der Waals surface area (Å²) in [5.41, 5.74) is 2.46. The number of carbonyl (C=O) groups is 1. The molecule has 9 heteroatoms. The van der Waals surface area contributed by atoms with Gasteiger partial charge in [0.1, 0.15) is 10.6 Å². The van der Waals surface area contributed by atoms with Gasteiger partial charge >= 0.3 is 0 Å². The molecule has 3 aliphatic heterocycles. The summed E-state index contributed by atoms with van der Waals surface area (Å²) in [6.07, 6.45) is 6.45. The molecule has 0 N–H and O–H groups in total. The minimum absolute atomic E-state index is 0.276. The topological polar surface area (TPSA) is 59.1 Å². The lowest BCUT2D eigenvalue weighted by Crippen LogP contribution is -2.42. The second-order valence-electron chi connectivity index (χ2n) is 13.3. The highest BCUT2D eigenvalue weighted by atomic mass is 32.1. The molecule has 2 atom stereocenters. The van der Waals surface area contributed by atoms with Crippen LogP contribution in [0.3, 0.4) is 0 Å². The van der Waals surface area contributed by atoms with Crippen molar-refractivity contribution in [2.24, 2.45) is 11.8 Å². The van der Waals surface area contributed by atoms with Crippen LogP contribution in [-0.2, 0) is 4.79 Å². The Bertz CT molecular complexity index is 1380. The van der Waals surface area contributed by atoms with Crippen LogP contribution in [0.1, 0.15) is 52.4 Å². The van der Waals surface area contributed by atoms with E-state index < -0.39 is 0 Å². The quantitative estimate of drug-likeness (QED) is 0.290. The van der Waals surface area contributed by atoms with E-state index in [1.54, 1.807) is 11.3 Å². The Morgan fingerprint density at radius 1 is 0.932 bits per heavy atom. The van der Waals surface area contributed by atoms with Crippen LogP contribution in [0.4, 0.5) is 11.8 Å². The van der Waals surface area contributed by atoms with Gasteiger partial charge in [0.2, 0.25) is 11.9 Å². The van der Waals surface area contributed by atoms with Crippen LogP contribution in [0.15, 0.2) is 35.7 Å². The van der Waals surface area contributed by atoms with Crippen LogP contribution in [0, 0.1) is 11.8 Å². The lowest BCUT2D eigenvalue weighted by atomic mass is 9.94. The molecule has 8 nitrogen and oxygen atoms in total. The molecular formula is C35H51N7OS. The van der Waals surface area contributed by atoms with Gasteiger partial charge in [-0.05, 0) is 84.0 Å². The summed E-state index contributed by atoms with van der Waals surface area (Å²) in [5, 5.41) is 3.46. The number of benzene rings is 1. The van der Waals surface area contributed by atoms with Gasteiger partial charge in [-0.15, -0.1) is 11.3 Å². The fourth-order valence-electron chi connectivity index (χ4n) is 7.63. The molecule has 3 aliphatic rings. The zero-order chi connectivity index (χ0) is 30.6. The van der Waals surface area contributed by atoms with Crippen molar-refractivity contribution in [2.45, 2.75) is 58.4 Å². The summed E-state index contributed by atoms with van der Waals surface area (Å²) in [7, 11) is 4.57. The summed E-state index contributed by atoms with van der Waals surface area (Å²) < 4.78 is 0. The smallest absolute Gasteiger partial charge is 0.228 e. The number of aromatic nitrogens is 2. The second-order valence-corrected chi connectivity index (χ2v) is 14.2. The molecule has 3 aromatic rings. The molecule has 0 spiro atoms. The van der Waals surface area contributed by atoms with Crippen LogP contribution in [0.25, 0.3) is 21.3 Å². The standard InChI is InChI=1S/C35H51N7OS/c1-5-40(6-2)31(43)21-27-11-10-17-42(23-27)35-36-33(32-30(25-44-34(32)37-35)28-12-8-7-9-13-28)41-19-14-26(15-20-41)22-39(4)29-16-18-38(3)24-29/h7-9,12-13,25-27,29H,5-6,10-11,14-24H2,1-4H3. The highest BCUT2D eigenvalue weighted by Crippen LogP contribution is 2.41. The number of amides is 1. The summed E-state index contributed by atoms with van der Waals surface area (Å²) in [4.78, 5) is 36.5. The fraction of sp³-hybridized carbons (Fsp3) is 0.629. The molecule has 5 heterocycles. The third-order valence-corrected chi connectivity index (χ3v) is 11.2. The van der Waals surface area contributed by atoms with E-state index in [0.717, 1.165) is 74.6 Å². The predicted octanol–water partition coefficient (Wildman–Crippen LogP) is 5.69. The first-order chi connectivity index (χ1) is 21.4. The number of hydrogen-bond donors (Lipinski definition) is 0. The van der Waals surface area contributed by atoms with Crippen LogP contribution >= 0.6 is 11.3 Å². The first kappa shape index (κ1) is 31.2. The average molecular weight is 618 g/mol.